The third kappa shape index (κ3) is 4.51. The standard InChI is InChI=1S/C23H28IN8O3P/c1-13-11-29(3)12-20-15(22(34)28-31(20)7-8-33)5-6-17-16-9-18(25-10-19(16)32(27-17)36-24)21-14(2)26-30(4)23(21)35-13/h5-6,9-10,13,33,36H,7-8,11-12H2,1-4H3,(H,28,34)/b6-5+/t13-/m1/s1. The molecular formula is C23H28IN8O3P. The van der Waals surface area contributed by atoms with Crippen LogP contribution in [0.2, 0.25) is 0 Å². The first-order valence-corrected chi connectivity index (χ1v) is 15.6. The van der Waals surface area contributed by atoms with E-state index in [-0.39, 0.29) is 18.3 Å². The number of aryl methyl sites for hydroxylation is 2. The fourth-order valence-corrected chi connectivity index (χ4v) is 6.26. The number of aromatic nitrogens is 7. The summed E-state index contributed by atoms with van der Waals surface area (Å²) in [7, 11) is 3.86. The van der Waals surface area contributed by atoms with E-state index in [0.29, 0.717) is 37.5 Å². The predicted molar refractivity (Wildman–Crippen MR) is 150 cm³/mol. The minimum absolute atomic E-state index is 0.0754. The minimum atomic E-state index is -0.201. The van der Waals surface area contributed by atoms with Crippen LogP contribution in [-0.2, 0) is 20.1 Å². The van der Waals surface area contributed by atoms with Crippen LogP contribution in [0.3, 0.4) is 0 Å². The molecule has 5 heterocycles. The fourth-order valence-electron chi connectivity index (χ4n) is 4.74. The van der Waals surface area contributed by atoms with Crippen LogP contribution in [0.5, 0.6) is 5.88 Å². The maximum atomic E-state index is 12.9. The lowest BCUT2D eigenvalue weighted by atomic mass is 10.1. The minimum Gasteiger partial charge on any atom is -0.473 e. The van der Waals surface area contributed by atoms with Crippen molar-refractivity contribution in [1.82, 2.24) is 39.0 Å². The number of hydrogen-bond donors (Lipinski definition) is 2. The Balaban J connectivity index is 1.75. The van der Waals surface area contributed by atoms with Gasteiger partial charge in [0, 0.05) is 25.5 Å². The maximum absolute atomic E-state index is 12.9. The SMILES string of the molecule is Cc1nn(C)c2c1-c1cc3c(nn(PI)c3cn1)/C=C/c1c(n(CCO)[nH]c1=O)CN(C)C[C@@H](C)O2. The Morgan fingerprint density at radius 1 is 1.31 bits per heavy atom. The second-order valence-electron chi connectivity index (χ2n) is 8.99. The zero-order valence-corrected chi connectivity index (χ0v) is 23.6. The van der Waals surface area contributed by atoms with E-state index in [2.05, 4.69) is 37.1 Å². The number of aliphatic hydroxyl groups is 1. The van der Waals surface area contributed by atoms with Crippen molar-refractivity contribution >= 4 is 51.5 Å². The Morgan fingerprint density at radius 2 is 2.11 bits per heavy atom. The molecule has 1 unspecified atom stereocenters. The van der Waals surface area contributed by atoms with Gasteiger partial charge in [0.2, 0.25) is 5.88 Å². The first kappa shape index (κ1) is 25.1. The summed E-state index contributed by atoms with van der Waals surface area (Å²) in [5.41, 5.74) is 5.27. The number of fused-ring (bicyclic) bond motifs is 4. The van der Waals surface area contributed by atoms with Gasteiger partial charge in [0.15, 0.2) is 0 Å². The Hall–Kier alpha value is -2.54. The zero-order valence-electron chi connectivity index (χ0n) is 20.5. The molecule has 11 nitrogen and oxygen atoms in total. The second kappa shape index (κ2) is 10.1. The molecule has 0 aliphatic carbocycles. The van der Waals surface area contributed by atoms with E-state index < -0.39 is 0 Å². The van der Waals surface area contributed by atoms with Gasteiger partial charge < -0.3 is 9.84 Å². The van der Waals surface area contributed by atoms with E-state index in [9.17, 15) is 9.90 Å². The van der Waals surface area contributed by atoms with E-state index >= 15 is 0 Å². The fraction of sp³-hybridized carbons (Fsp3) is 0.391. The summed E-state index contributed by atoms with van der Waals surface area (Å²) in [4.78, 5) is 19.8. The number of aromatic amines is 1. The quantitative estimate of drug-likeness (QED) is 0.267. The smallest absolute Gasteiger partial charge is 0.271 e. The molecule has 2 bridgehead atoms. The third-order valence-electron chi connectivity index (χ3n) is 6.25. The highest BCUT2D eigenvalue weighted by atomic mass is 127. The van der Waals surface area contributed by atoms with Gasteiger partial charge in [-0.1, -0.05) is 0 Å². The summed E-state index contributed by atoms with van der Waals surface area (Å²) in [5, 5.41) is 22.8. The number of pyridine rings is 1. The van der Waals surface area contributed by atoms with Crippen molar-refractivity contribution in [3.05, 3.63) is 45.3 Å². The number of nitrogens with one attached hydrogen (secondary N) is 1. The van der Waals surface area contributed by atoms with Crippen LogP contribution in [-0.4, -0.2) is 70.4 Å². The molecule has 0 saturated heterocycles. The molecule has 0 amide bonds. The number of rotatable bonds is 3. The molecule has 2 N–H and O–H groups in total. The molecule has 2 atom stereocenters. The summed E-state index contributed by atoms with van der Waals surface area (Å²) in [6.45, 7) is 5.31. The number of ether oxygens (including phenoxy) is 1. The molecule has 0 saturated carbocycles. The molecule has 0 aromatic carbocycles. The molecule has 0 fully saturated rings. The van der Waals surface area contributed by atoms with Crippen LogP contribution in [0.4, 0.5) is 0 Å². The topological polar surface area (TPSA) is 119 Å². The maximum Gasteiger partial charge on any atom is 0.271 e. The first-order chi connectivity index (χ1) is 17.3. The summed E-state index contributed by atoms with van der Waals surface area (Å²) in [6.07, 6.45) is 5.77. The molecule has 36 heavy (non-hydrogen) atoms. The van der Waals surface area contributed by atoms with Gasteiger partial charge >= 0.3 is 0 Å². The largest absolute Gasteiger partial charge is 0.473 e. The van der Waals surface area contributed by atoms with E-state index in [0.717, 1.165) is 39.2 Å². The van der Waals surface area contributed by atoms with E-state index in [4.69, 9.17) is 14.8 Å². The predicted octanol–water partition coefficient (Wildman–Crippen LogP) is 2.80. The number of hydrogen-bond acceptors (Lipinski definition) is 7. The molecule has 5 rings (SSSR count). The Kier molecular flexibility index (Phi) is 7.03. The number of nitrogens with zero attached hydrogens (tertiary/aromatic N) is 7. The molecule has 1 aliphatic heterocycles. The van der Waals surface area contributed by atoms with Crippen molar-refractivity contribution in [3.63, 3.8) is 0 Å². The van der Waals surface area contributed by atoms with Gasteiger partial charge in [0.1, 0.15) is 6.10 Å². The van der Waals surface area contributed by atoms with Gasteiger partial charge in [-0.3, -0.25) is 24.5 Å². The highest BCUT2D eigenvalue weighted by Crippen LogP contribution is 2.37. The number of H-pyrrole nitrogens is 1. The number of aliphatic hydroxyl groups excluding tert-OH is 1. The molecule has 1 aliphatic rings. The average molecular weight is 622 g/mol. The molecule has 13 heteroatoms. The molecular weight excluding hydrogens is 594 g/mol. The third-order valence-corrected chi connectivity index (χ3v) is 8.12. The monoisotopic (exact) mass is 622 g/mol. The van der Waals surface area contributed by atoms with E-state index in [1.54, 1.807) is 9.36 Å². The lowest BCUT2D eigenvalue weighted by Gasteiger charge is -2.23. The van der Waals surface area contributed by atoms with Crippen molar-refractivity contribution in [2.75, 3.05) is 20.2 Å². The van der Waals surface area contributed by atoms with E-state index in [1.807, 2.05) is 56.8 Å². The summed E-state index contributed by atoms with van der Waals surface area (Å²) >= 11 is 2.30. The Labute approximate surface area is 222 Å². The first-order valence-electron chi connectivity index (χ1n) is 11.6. The van der Waals surface area contributed by atoms with Gasteiger partial charge in [-0.2, -0.15) is 10.2 Å². The summed E-state index contributed by atoms with van der Waals surface area (Å²) in [5.74, 6) is 0.662. The molecule has 0 spiro atoms. The van der Waals surface area contributed by atoms with Crippen LogP contribution in [0.15, 0.2) is 17.1 Å². The Morgan fingerprint density at radius 3 is 2.86 bits per heavy atom. The van der Waals surface area contributed by atoms with Gasteiger partial charge in [0.25, 0.3) is 5.56 Å². The highest BCUT2D eigenvalue weighted by molar-refractivity contribution is 14.2. The van der Waals surface area contributed by atoms with Crippen molar-refractivity contribution in [3.8, 4) is 17.1 Å². The molecule has 4 aromatic heterocycles. The van der Waals surface area contributed by atoms with Gasteiger partial charge in [0.05, 0.1) is 65.1 Å². The van der Waals surface area contributed by atoms with Gasteiger partial charge in [-0.15, -0.1) is 0 Å². The van der Waals surface area contributed by atoms with Crippen molar-refractivity contribution < 1.29 is 9.84 Å². The van der Waals surface area contributed by atoms with Crippen LogP contribution >= 0.6 is 28.4 Å². The van der Waals surface area contributed by atoms with Crippen molar-refractivity contribution in [2.45, 2.75) is 33.0 Å². The van der Waals surface area contributed by atoms with Crippen LogP contribution in [0.1, 0.15) is 29.6 Å². The normalized spacial score (nSPS) is 17.8. The van der Waals surface area contributed by atoms with Crippen LogP contribution in [0, 0.1) is 6.92 Å². The van der Waals surface area contributed by atoms with E-state index in [1.165, 1.54) is 0 Å². The lowest BCUT2D eigenvalue weighted by molar-refractivity contribution is 0.146. The average Bonchev–Trinajstić information content (AvgIpc) is 3.42. The lowest BCUT2D eigenvalue weighted by Crippen LogP contribution is -2.32. The van der Waals surface area contributed by atoms with Crippen molar-refractivity contribution in [1.29, 1.82) is 0 Å². The summed E-state index contributed by atoms with van der Waals surface area (Å²) in [6, 6.07) is 2.02. The summed E-state index contributed by atoms with van der Waals surface area (Å²) < 4.78 is 11.8. The Bertz CT molecular complexity index is 1520. The zero-order chi connectivity index (χ0) is 25.6. The van der Waals surface area contributed by atoms with Crippen LogP contribution < -0.4 is 10.3 Å². The van der Waals surface area contributed by atoms with Gasteiger partial charge in [-0.05, 0) is 61.2 Å². The molecule has 0 radical (unpaired) electrons. The van der Waals surface area contributed by atoms with Crippen molar-refractivity contribution in [2.24, 2.45) is 7.05 Å². The number of halogens is 1. The molecule has 190 valence electrons. The van der Waals surface area contributed by atoms with Crippen LogP contribution in [0.25, 0.3) is 34.3 Å². The number of likely N-dealkylation sites (N-methyl/N-ethyl adjacent to an activating group) is 1. The van der Waals surface area contributed by atoms with Gasteiger partial charge in [-0.25, -0.2) is 9.13 Å². The highest BCUT2D eigenvalue weighted by Gasteiger charge is 2.23. The second-order valence-corrected chi connectivity index (χ2v) is 11.0. The molecule has 4 aromatic rings.